The largest absolute Gasteiger partial charge is 0.415 e. The van der Waals surface area contributed by atoms with Crippen LogP contribution in [0.15, 0.2) is 0 Å². The van der Waals surface area contributed by atoms with Crippen LogP contribution in [0.4, 0.5) is 0 Å². The lowest BCUT2D eigenvalue weighted by atomic mass is 10.2. The number of aliphatic hydroxyl groups excluding tert-OH is 1. The summed E-state index contributed by atoms with van der Waals surface area (Å²) in [6.45, 7) is 32.0. The van der Waals surface area contributed by atoms with Crippen LogP contribution in [-0.4, -0.2) is 46.2 Å². The molecule has 29 heavy (non-hydrogen) atoms. The van der Waals surface area contributed by atoms with Gasteiger partial charge in [0.15, 0.2) is 15.7 Å². The van der Waals surface area contributed by atoms with E-state index in [-0.39, 0.29) is 13.5 Å². The number of rotatable bonds is 2. The zero-order valence-electron chi connectivity index (χ0n) is 21.6. The smallest absolute Gasteiger partial charge is 0.192 e. The predicted molar refractivity (Wildman–Crippen MR) is 141 cm³/mol. The molecule has 0 unspecified atom stereocenters. The van der Waals surface area contributed by atoms with Gasteiger partial charge in [-0.1, -0.05) is 62.1 Å². The first-order valence-electron chi connectivity index (χ1n) is 10.8. The molecule has 182 valence electrons. The topological polar surface area (TPSA) is 38.7 Å². The van der Waals surface area contributed by atoms with E-state index in [1.807, 2.05) is 0 Å². The van der Waals surface area contributed by atoms with Gasteiger partial charge in [-0.3, -0.25) is 0 Å². The van der Waals surface area contributed by atoms with E-state index < -0.39 is 15.7 Å². The Morgan fingerprint density at radius 2 is 1.10 bits per heavy atom. The minimum Gasteiger partial charge on any atom is -0.415 e. The van der Waals surface area contributed by atoms with Gasteiger partial charge in [0.25, 0.3) is 0 Å². The highest BCUT2D eigenvalue weighted by atomic mass is 35.6. The van der Waals surface area contributed by atoms with Crippen molar-refractivity contribution in [2.45, 2.75) is 138 Å². The van der Waals surface area contributed by atoms with Crippen molar-refractivity contribution in [1.29, 1.82) is 0 Å². The van der Waals surface area contributed by atoms with Crippen LogP contribution >= 0.6 is 11.1 Å². The second kappa shape index (κ2) is 16.3. The van der Waals surface area contributed by atoms with Crippen LogP contribution in [0.25, 0.3) is 0 Å². The lowest BCUT2D eigenvalue weighted by molar-refractivity contribution is 0.198. The zero-order valence-corrected chi connectivity index (χ0v) is 24.4. The molecule has 1 heterocycles. The Balaban J connectivity index is -0.000000152. The van der Waals surface area contributed by atoms with Crippen molar-refractivity contribution >= 4 is 26.8 Å². The Morgan fingerprint density at radius 1 is 0.828 bits per heavy atom. The fraction of sp³-hybridized carbons (Fsp3) is 1.00. The van der Waals surface area contributed by atoms with Gasteiger partial charge in [-0.25, -0.2) is 0 Å². The molecular weight excluding hydrogens is 416 g/mol. The third kappa shape index (κ3) is 24.7. The second-order valence-electron chi connectivity index (χ2n) is 11.1. The Morgan fingerprint density at radius 3 is 1.17 bits per heavy atom. The highest BCUT2D eigenvalue weighted by Gasteiger charge is 2.37. The second-order valence-corrected chi connectivity index (χ2v) is 23.1. The van der Waals surface area contributed by atoms with Gasteiger partial charge < -0.3 is 14.3 Å². The van der Waals surface area contributed by atoms with Gasteiger partial charge >= 0.3 is 0 Å². The number of hydrogen-bond donors (Lipinski definition) is 1. The zero-order chi connectivity index (χ0) is 23.4. The molecule has 0 spiro atoms. The molecular formula is C23H57ClO3Si2. The van der Waals surface area contributed by atoms with Gasteiger partial charge in [-0.2, -0.15) is 11.1 Å². The van der Waals surface area contributed by atoms with Crippen LogP contribution in [0.3, 0.4) is 0 Å². The molecule has 0 aromatic heterocycles. The molecule has 1 N–H and O–H groups in total. The third-order valence-electron chi connectivity index (χ3n) is 4.95. The first-order valence-corrected chi connectivity index (χ1v) is 17.7. The summed E-state index contributed by atoms with van der Waals surface area (Å²) >= 11 is 6.15. The molecule has 3 nitrogen and oxygen atoms in total. The first-order chi connectivity index (χ1) is 12.1. The number of ether oxygens (including phenoxy) is 1. The fourth-order valence-corrected chi connectivity index (χ4v) is 2.81. The lowest BCUT2D eigenvalue weighted by Crippen LogP contribution is -2.42. The van der Waals surface area contributed by atoms with Crippen molar-refractivity contribution in [3.63, 3.8) is 0 Å². The minimum absolute atomic E-state index is 0. The first kappa shape index (κ1) is 36.9. The molecule has 0 aliphatic carbocycles. The summed E-state index contributed by atoms with van der Waals surface area (Å²) in [5.74, 6) is 0. The van der Waals surface area contributed by atoms with Crippen molar-refractivity contribution in [1.82, 2.24) is 0 Å². The maximum atomic E-state index is 8.06. The standard InChI is InChI=1S/C9H22OSi.C6H15ClSi.C4H8O.C3H8O.CH4/c1-8(2)10-11(6,7)9(3,4)5;1-6(2,3)8(4,5)7;1-2-4-5-3-1;1-3(2)4;/h8H,1-7H3;1-5H3;1-4H2;3-4H,1-2H3;1H4. The van der Waals surface area contributed by atoms with Gasteiger partial charge in [0, 0.05) is 25.4 Å². The summed E-state index contributed by atoms with van der Waals surface area (Å²) in [4.78, 5) is 0. The molecule has 1 aliphatic heterocycles. The minimum atomic E-state index is -1.47. The molecule has 1 rings (SSSR count). The highest BCUT2D eigenvalue weighted by Crippen LogP contribution is 2.38. The van der Waals surface area contributed by atoms with Crippen molar-refractivity contribution in [2.75, 3.05) is 13.2 Å². The maximum Gasteiger partial charge on any atom is 0.192 e. The summed E-state index contributed by atoms with van der Waals surface area (Å²) < 4.78 is 10.9. The SMILES string of the molecule is C.C1CCOC1.CC(C)(C)[Si](C)(C)Cl.CC(C)O.CC(C)O[Si](C)(C)C(C)(C)C. The van der Waals surface area contributed by atoms with Gasteiger partial charge in [0.2, 0.25) is 0 Å². The van der Waals surface area contributed by atoms with Crippen LogP contribution in [0.5, 0.6) is 0 Å². The monoisotopic (exact) mass is 472 g/mol. The van der Waals surface area contributed by atoms with Crippen molar-refractivity contribution in [3.05, 3.63) is 0 Å². The van der Waals surface area contributed by atoms with E-state index in [2.05, 4.69) is 81.6 Å². The molecule has 0 amide bonds. The number of hydrogen-bond acceptors (Lipinski definition) is 3. The summed E-state index contributed by atoms with van der Waals surface area (Å²) in [6.07, 6.45) is 2.76. The van der Waals surface area contributed by atoms with E-state index in [0.717, 1.165) is 13.2 Å². The van der Waals surface area contributed by atoms with Gasteiger partial charge in [-0.05, 0) is 63.7 Å². The maximum absolute atomic E-state index is 8.06. The molecule has 0 aromatic rings. The predicted octanol–water partition coefficient (Wildman–Crippen LogP) is 8.47. The van der Waals surface area contributed by atoms with Crippen LogP contribution < -0.4 is 0 Å². The van der Waals surface area contributed by atoms with Crippen LogP contribution in [-0.2, 0) is 9.16 Å². The average molecular weight is 473 g/mol. The van der Waals surface area contributed by atoms with Crippen molar-refractivity contribution in [2.24, 2.45) is 0 Å². The molecule has 0 atom stereocenters. The Kier molecular flexibility index (Phi) is 20.7. The normalized spacial score (nSPS) is 14.7. The molecule has 0 saturated carbocycles. The molecule has 1 fully saturated rings. The molecule has 1 aliphatic rings. The molecule has 1 saturated heterocycles. The molecule has 0 radical (unpaired) electrons. The van der Waals surface area contributed by atoms with E-state index in [9.17, 15) is 0 Å². The number of aliphatic hydroxyl groups is 1. The Labute approximate surface area is 192 Å². The van der Waals surface area contributed by atoms with Crippen LogP contribution in [0.2, 0.25) is 36.3 Å². The van der Waals surface area contributed by atoms with E-state index >= 15 is 0 Å². The summed E-state index contributed by atoms with van der Waals surface area (Å²) in [6, 6.07) is 0. The average Bonchev–Trinajstić information content (AvgIpc) is 2.91. The molecule has 6 heteroatoms. The van der Waals surface area contributed by atoms with E-state index in [1.165, 1.54) is 12.8 Å². The van der Waals surface area contributed by atoms with Crippen LogP contribution in [0, 0.1) is 0 Å². The van der Waals surface area contributed by atoms with Gasteiger partial charge in [-0.15, -0.1) is 0 Å². The van der Waals surface area contributed by atoms with Crippen molar-refractivity contribution in [3.8, 4) is 0 Å². The fourth-order valence-electron chi connectivity index (χ4n) is 1.28. The van der Waals surface area contributed by atoms with E-state index in [0.29, 0.717) is 16.2 Å². The highest BCUT2D eigenvalue weighted by molar-refractivity contribution is 7.20. The quantitative estimate of drug-likeness (QED) is 0.323. The van der Waals surface area contributed by atoms with Gasteiger partial charge in [0.1, 0.15) is 0 Å². The number of halogens is 1. The lowest BCUT2D eigenvalue weighted by Gasteiger charge is -2.37. The Hall–Kier alpha value is 0.604. The Bertz CT molecular complexity index is 339. The molecule has 0 bridgehead atoms. The van der Waals surface area contributed by atoms with Gasteiger partial charge in [0.05, 0.1) is 0 Å². The summed E-state index contributed by atoms with van der Waals surface area (Å²) in [5, 5.41) is 8.74. The summed E-state index contributed by atoms with van der Waals surface area (Å²) in [5.41, 5.74) is 0. The van der Waals surface area contributed by atoms with Crippen LogP contribution in [0.1, 0.15) is 89.5 Å². The van der Waals surface area contributed by atoms with Crippen molar-refractivity contribution < 1.29 is 14.3 Å². The van der Waals surface area contributed by atoms with E-state index in [1.54, 1.807) is 13.8 Å². The summed E-state index contributed by atoms with van der Waals surface area (Å²) in [7, 11) is -2.85. The molecule has 0 aromatic carbocycles. The third-order valence-corrected chi connectivity index (χ3v) is 14.9. The van der Waals surface area contributed by atoms with E-state index in [4.69, 9.17) is 25.3 Å².